The molecule has 1 aliphatic carbocycles. The number of carbonyl (C=O) groups is 2. The van der Waals surface area contributed by atoms with Gasteiger partial charge < -0.3 is 10.6 Å². The molecule has 2 N–H and O–H groups in total. The van der Waals surface area contributed by atoms with Gasteiger partial charge in [0.2, 0.25) is 11.8 Å². The standard InChI is InChI=1S/C18H17N3O4/c1-12(22)19-14-3-2-4-15(11-14)20-17(23)18(9-10-18)13-5-7-16(8-6-13)21(24)25/h2-8,11H,9-10H2,1H3,(H,19,22)(H,20,23). The Bertz CT molecular complexity index is 842. The molecule has 0 unspecified atom stereocenters. The van der Waals surface area contributed by atoms with Crippen LogP contribution in [-0.2, 0) is 15.0 Å². The lowest BCUT2D eigenvalue weighted by Crippen LogP contribution is -2.27. The van der Waals surface area contributed by atoms with Crippen LogP contribution in [0.3, 0.4) is 0 Å². The van der Waals surface area contributed by atoms with E-state index >= 15 is 0 Å². The number of nitrogens with zero attached hydrogens (tertiary/aromatic N) is 1. The molecule has 2 aromatic rings. The Morgan fingerprint density at radius 1 is 1.04 bits per heavy atom. The van der Waals surface area contributed by atoms with Crippen LogP contribution in [0.5, 0.6) is 0 Å². The molecule has 1 fully saturated rings. The first kappa shape index (κ1) is 16.6. The Labute approximate surface area is 144 Å². The number of non-ortho nitro benzene ring substituents is 1. The van der Waals surface area contributed by atoms with Gasteiger partial charge in [0.05, 0.1) is 10.3 Å². The quantitative estimate of drug-likeness (QED) is 0.645. The molecule has 2 amide bonds. The van der Waals surface area contributed by atoms with Crippen LogP contribution in [-0.4, -0.2) is 16.7 Å². The minimum Gasteiger partial charge on any atom is -0.326 e. The van der Waals surface area contributed by atoms with E-state index in [-0.39, 0.29) is 17.5 Å². The average molecular weight is 339 g/mol. The fourth-order valence-electron chi connectivity index (χ4n) is 2.80. The summed E-state index contributed by atoms with van der Waals surface area (Å²) in [6.07, 6.45) is 1.39. The van der Waals surface area contributed by atoms with Gasteiger partial charge in [0, 0.05) is 30.4 Å². The topological polar surface area (TPSA) is 101 Å². The van der Waals surface area contributed by atoms with Crippen molar-refractivity contribution in [2.75, 3.05) is 10.6 Å². The fraction of sp³-hybridized carbons (Fsp3) is 0.222. The van der Waals surface area contributed by atoms with Crippen LogP contribution in [0.1, 0.15) is 25.3 Å². The number of carbonyl (C=O) groups excluding carboxylic acids is 2. The van der Waals surface area contributed by atoms with Crippen LogP contribution < -0.4 is 10.6 Å². The molecule has 0 aliphatic heterocycles. The van der Waals surface area contributed by atoms with Gasteiger partial charge >= 0.3 is 0 Å². The molecular formula is C18H17N3O4. The molecule has 7 nitrogen and oxygen atoms in total. The van der Waals surface area contributed by atoms with Gasteiger partial charge in [0.25, 0.3) is 5.69 Å². The SMILES string of the molecule is CC(=O)Nc1cccc(NC(=O)C2(c3ccc([N+](=O)[O-])cc3)CC2)c1. The number of amides is 2. The van der Waals surface area contributed by atoms with E-state index in [9.17, 15) is 19.7 Å². The molecule has 0 atom stereocenters. The highest BCUT2D eigenvalue weighted by Crippen LogP contribution is 2.49. The van der Waals surface area contributed by atoms with Crippen LogP contribution in [0.4, 0.5) is 17.1 Å². The summed E-state index contributed by atoms with van der Waals surface area (Å²) in [7, 11) is 0. The maximum absolute atomic E-state index is 12.7. The monoisotopic (exact) mass is 339 g/mol. The lowest BCUT2D eigenvalue weighted by molar-refractivity contribution is -0.384. The summed E-state index contributed by atoms with van der Waals surface area (Å²) >= 11 is 0. The van der Waals surface area contributed by atoms with Crippen molar-refractivity contribution < 1.29 is 14.5 Å². The van der Waals surface area contributed by atoms with E-state index in [1.807, 2.05) is 0 Å². The highest BCUT2D eigenvalue weighted by molar-refractivity contribution is 6.02. The molecule has 0 saturated heterocycles. The van der Waals surface area contributed by atoms with Crippen molar-refractivity contribution in [3.05, 3.63) is 64.2 Å². The second-order valence-corrected chi connectivity index (χ2v) is 6.10. The fourth-order valence-corrected chi connectivity index (χ4v) is 2.80. The van der Waals surface area contributed by atoms with Crippen LogP contribution in [0, 0.1) is 10.1 Å². The van der Waals surface area contributed by atoms with E-state index in [4.69, 9.17) is 0 Å². The zero-order chi connectivity index (χ0) is 18.0. The predicted octanol–water partition coefficient (Wildman–Crippen LogP) is 3.22. The molecule has 25 heavy (non-hydrogen) atoms. The largest absolute Gasteiger partial charge is 0.326 e. The first-order valence-electron chi connectivity index (χ1n) is 7.85. The molecule has 1 aliphatic rings. The molecular weight excluding hydrogens is 322 g/mol. The van der Waals surface area contributed by atoms with Crippen molar-refractivity contribution in [2.45, 2.75) is 25.2 Å². The van der Waals surface area contributed by atoms with Crippen molar-refractivity contribution in [1.82, 2.24) is 0 Å². The van der Waals surface area contributed by atoms with E-state index in [0.29, 0.717) is 24.2 Å². The van der Waals surface area contributed by atoms with E-state index in [0.717, 1.165) is 5.56 Å². The third-order valence-electron chi connectivity index (χ3n) is 4.26. The summed E-state index contributed by atoms with van der Waals surface area (Å²) in [5.41, 5.74) is 1.32. The van der Waals surface area contributed by atoms with Gasteiger partial charge in [-0.05, 0) is 36.6 Å². The number of nitro groups is 1. The molecule has 7 heteroatoms. The number of anilines is 2. The van der Waals surface area contributed by atoms with Gasteiger partial charge in [-0.25, -0.2) is 0 Å². The summed E-state index contributed by atoms with van der Waals surface area (Å²) in [6.45, 7) is 1.42. The average Bonchev–Trinajstić information content (AvgIpc) is 3.36. The van der Waals surface area contributed by atoms with Crippen LogP contribution in [0.2, 0.25) is 0 Å². The van der Waals surface area contributed by atoms with Crippen molar-refractivity contribution in [3.63, 3.8) is 0 Å². The number of nitro benzene ring substituents is 1. The van der Waals surface area contributed by atoms with Crippen LogP contribution in [0.25, 0.3) is 0 Å². The summed E-state index contributed by atoms with van der Waals surface area (Å²) < 4.78 is 0. The Hall–Kier alpha value is -3.22. The molecule has 128 valence electrons. The van der Waals surface area contributed by atoms with Crippen LogP contribution >= 0.6 is 0 Å². The summed E-state index contributed by atoms with van der Waals surface area (Å²) in [6, 6.07) is 13.0. The van der Waals surface area contributed by atoms with Crippen molar-refractivity contribution in [2.24, 2.45) is 0 Å². The van der Waals surface area contributed by atoms with Gasteiger partial charge in [-0.2, -0.15) is 0 Å². The second-order valence-electron chi connectivity index (χ2n) is 6.10. The Morgan fingerprint density at radius 3 is 2.16 bits per heavy atom. The van der Waals surface area contributed by atoms with E-state index in [2.05, 4.69) is 10.6 Å². The molecule has 0 bridgehead atoms. The minimum atomic E-state index is -0.640. The van der Waals surface area contributed by atoms with Crippen molar-refractivity contribution >= 4 is 28.9 Å². The van der Waals surface area contributed by atoms with Crippen molar-refractivity contribution in [3.8, 4) is 0 Å². The first-order chi connectivity index (χ1) is 11.9. The number of hydrogen-bond donors (Lipinski definition) is 2. The molecule has 0 spiro atoms. The predicted molar refractivity (Wildman–Crippen MR) is 93.4 cm³/mol. The van der Waals surface area contributed by atoms with Crippen LogP contribution in [0.15, 0.2) is 48.5 Å². The summed E-state index contributed by atoms with van der Waals surface area (Å²) in [5.74, 6) is -0.339. The molecule has 3 rings (SSSR count). The zero-order valence-corrected chi connectivity index (χ0v) is 13.6. The van der Waals surface area contributed by atoms with E-state index in [1.165, 1.54) is 19.1 Å². The Balaban J connectivity index is 1.76. The second kappa shape index (κ2) is 6.35. The lowest BCUT2D eigenvalue weighted by Gasteiger charge is -2.16. The van der Waals surface area contributed by atoms with Gasteiger partial charge in [-0.3, -0.25) is 19.7 Å². The minimum absolute atomic E-state index is 0.00275. The number of rotatable bonds is 5. The van der Waals surface area contributed by atoms with Gasteiger partial charge in [0.15, 0.2) is 0 Å². The molecule has 2 aromatic carbocycles. The zero-order valence-electron chi connectivity index (χ0n) is 13.6. The molecule has 0 heterocycles. The number of nitrogens with one attached hydrogen (secondary N) is 2. The maximum Gasteiger partial charge on any atom is 0.269 e. The molecule has 1 saturated carbocycles. The van der Waals surface area contributed by atoms with Crippen molar-refractivity contribution in [1.29, 1.82) is 0 Å². The molecule has 0 radical (unpaired) electrons. The Morgan fingerprint density at radius 2 is 1.64 bits per heavy atom. The highest BCUT2D eigenvalue weighted by atomic mass is 16.6. The number of benzene rings is 2. The third-order valence-corrected chi connectivity index (χ3v) is 4.26. The van der Waals surface area contributed by atoms with Gasteiger partial charge in [-0.1, -0.05) is 18.2 Å². The van der Waals surface area contributed by atoms with Gasteiger partial charge in [-0.15, -0.1) is 0 Å². The summed E-state index contributed by atoms with van der Waals surface area (Å²) in [4.78, 5) is 34.1. The maximum atomic E-state index is 12.7. The van der Waals surface area contributed by atoms with E-state index in [1.54, 1.807) is 36.4 Å². The lowest BCUT2D eigenvalue weighted by atomic mass is 9.94. The third kappa shape index (κ3) is 3.50. The highest BCUT2D eigenvalue weighted by Gasteiger charge is 2.51. The van der Waals surface area contributed by atoms with Gasteiger partial charge in [0.1, 0.15) is 0 Å². The Kier molecular flexibility index (Phi) is 4.22. The normalized spacial score (nSPS) is 14.4. The molecule has 0 aromatic heterocycles. The first-order valence-corrected chi connectivity index (χ1v) is 7.85. The van der Waals surface area contributed by atoms with E-state index < -0.39 is 10.3 Å². The smallest absolute Gasteiger partial charge is 0.269 e. The summed E-state index contributed by atoms with van der Waals surface area (Å²) in [5, 5.41) is 16.3. The number of hydrogen-bond acceptors (Lipinski definition) is 4.